The summed E-state index contributed by atoms with van der Waals surface area (Å²) in [5.41, 5.74) is 1.67. The second-order valence-electron chi connectivity index (χ2n) is 5.87. The number of amides is 1. The summed E-state index contributed by atoms with van der Waals surface area (Å²) >= 11 is 3.33. The lowest BCUT2D eigenvalue weighted by Gasteiger charge is -2.07. The van der Waals surface area contributed by atoms with Crippen LogP contribution < -0.4 is 5.32 Å². The van der Waals surface area contributed by atoms with E-state index in [9.17, 15) is 18.0 Å². The van der Waals surface area contributed by atoms with E-state index in [1.807, 2.05) is 12.3 Å². The molecule has 7 nitrogen and oxygen atoms in total. The number of halogens is 4. The Morgan fingerprint density at radius 2 is 1.96 bits per heavy atom. The van der Waals surface area contributed by atoms with Crippen LogP contribution in [-0.2, 0) is 18.0 Å². The zero-order valence-corrected chi connectivity index (χ0v) is 15.9. The fourth-order valence-corrected chi connectivity index (χ4v) is 2.71. The summed E-state index contributed by atoms with van der Waals surface area (Å²) in [5, 5.41) is 10.7. The Hall–Kier alpha value is -2.66. The number of hydrogen-bond donors (Lipinski definition) is 1. The number of nitrogens with one attached hydrogen (secondary N) is 1. The van der Waals surface area contributed by atoms with Crippen molar-refractivity contribution in [1.82, 2.24) is 19.6 Å². The van der Waals surface area contributed by atoms with Crippen LogP contribution in [-0.4, -0.2) is 38.3 Å². The van der Waals surface area contributed by atoms with Crippen LogP contribution in [0.2, 0.25) is 0 Å². The first-order chi connectivity index (χ1) is 13.3. The third-order valence-corrected chi connectivity index (χ3v) is 3.93. The summed E-state index contributed by atoms with van der Waals surface area (Å²) in [6.07, 6.45) is 1.81. The Balaban J connectivity index is 1.58. The minimum absolute atomic E-state index is 0.349. The number of ether oxygens (including phenoxy) is 1. The highest BCUT2D eigenvalue weighted by molar-refractivity contribution is 9.10. The molecule has 3 aromatic rings. The summed E-state index contributed by atoms with van der Waals surface area (Å²) in [6.45, 7) is -1.24. The molecule has 0 radical (unpaired) electrons. The standard InChI is InChI=1S/C17H15BrF3N5O2/c18-14-5-22-25(8-14)7-12-2-1-3-13(4-12)16(27)24-15-6-23-26(9-15)11-28-10-17(19,20)21/h1-6,8-9H,7,10-11H2,(H,24,27). The summed E-state index contributed by atoms with van der Waals surface area (Å²) in [4.78, 5) is 12.4. The van der Waals surface area contributed by atoms with Crippen LogP contribution in [0.3, 0.4) is 0 Å². The minimum Gasteiger partial charge on any atom is -0.350 e. The van der Waals surface area contributed by atoms with Gasteiger partial charge in [-0.3, -0.25) is 9.48 Å². The second kappa shape index (κ2) is 8.57. The molecule has 2 heterocycles. The molecule has 0 aliphatic heterocycles. The van der Waals surface area contributed by atoms with Gasteiger partial charge in [0, 0.05) is 11.8 Å². The third kappa shape index (κ3) is 5.92. The number of aromatic nitrogens is 4. The lowest BCUT2D eigenvalue weighted by Crippen LogP contribution is -2.18. The number of alkyl halides is 3. The fraction of sp³-hybridized carbons (Fsp3) is 0.235. The number of carbonyl (C=O) groups is 1. The molecule has 1 amide bonds. The Labute approximate surface area is 166 Å². The van der Waals surface area contributed by atoms with Crippen molar-refractivity contribution in [1.29, 1.82) is 0 Å². The van der Waals surface area contributed by atoms with E-state index in [0.717, 1.165) is 14.7 Å². The molecule has 0 aliphatic carbocycles. The molecule has 0 aliphatic rings. The van der Waals surface area contributed by atoms with E-state index in [4.69, 9.17) is 0 Å². The van der Waals surface area contributed by atoms with E-state index in [0.29, 0.717) is 17.8 Å². The van der Waals surface area contributed by atoms with Crippen LogP contribution in [0.25, 0.3) is 0 Å². The maximum absolute atomic E-state index is 12.4. The van der Waals surface area contributed by atoms with Crippen molar-refractivity contribution in [3.05, 3.63) is 64.7 Å². The van der Waals surface area contributed by atoms with Gasteiger partial charge < -0.3 is 10.1 Å². The zero-order valence-electron chi connectivity index (χ0n) is 14.4. The topological polar surface area (TPSA) is 74.0 Å². The largest absolute Gasteiger partial charge is 0.411 e. The number of anilines is 1. The Bertz CT molecular complexity index is 954. The number of carbonyl (C=O) groups excluding carboxylic acids is 1. The monoisotopic (exact) mass is 457 g/mol. The molecule has 148 valence electrons. The van der Waals surface area contributed by atoms with Crippen LogP contribution in [0, 0.1) is 0 Å². The lowest BCUT2D eigenvalue weighted by molar-refractivity contribution is -0.182. The van der Waals surface area contributed by atoms with Crippen LogP contribution in [0.1, 0.15) is 15.9 Å². The van der Waals surface area contributed by atoms with Crippen molar-refractivity contribution in [3.63, 3.8) is 0 Å². The van der Waals surface area contributed by atoms with Crippen LogP contribution in [0.4, 0.5) is 18.9 Å². The molecule has 0 fully saturated rings. The van der Waals surface area contributed by atoms with Crippen molar-refractivity contribution in [2.24, 2.45) is 0 Å². The Morgan fingerprint density at radius 3 is 2.68 bits per heavy atom. The lowest BCUT2D eigenvalue weighted by atomic mass is 10.1. The summed E-state index contributed by atoms with van der Waals surface area (Å²) in [5.74, 6) is -0.362. The van der Waals surface area contributed by atoms with E-state index >= 15 is 0 Å². The van der Waals surface area contributed by atoms with Gasteiger partial charge in [0.25, 0.3) is 5.91 Å². The van der Waals surface area contributed by atoms with E-state index in [-0.39, 0.29) is 12.6 Å². The van der Waals surface area contributed by atoms with Crippen LogP contribution in [0.5, 0.6) is 0 Å². The molecule has 0 atom stereocenters. The Kier molecular flexibility index (Phi) is 6.15. The molecule has 28 heavy (non-hydrogen) atoms. The molecular weight excluding hydrogens is 443 g/mol. The van der Waals surface area contributed by atoms with Crippen molar-refractivity contribution in [2.75, 3.05) is 11.9 Å². The van der Waals surface area contributed by atoms with Gasteiger partial charge in [-0.15, -0.1) is 0 Å². The number of nitrogens with zero attached hydrogens (tertiary/aromatic N) is 4. The van der Waals surface area contributed by atoms with Gasteiger partial charge in [0.15, 0.2) is 0 Å². The molecule has 1 aromatic carbocycles. The molecular formula is C17H15BrF3N5O2. The van der Waals surface area contributed by atoms with Gasteiger partial charge in [-0.2, -0.15) is 23.4 Å². The normalized spacial score (nSPS) is 11.6. The number of benzene rings is 1. The van der Waals surface area contributed by atoms with Crippen molar-refractivity contribution >= 4 is 27.5 Å². The summed E-state index contributed by atoms with van der Waals surface area (Å²) in [6, 6.07) is 7.04. The fourth-order valence-electron chi connectivity index (χ4n) is 2.38. The van der Waals surface area contributed by atoms with Crippen molar-refractivity contribution < 1.29 is 22.7 Å². The van der Waals surface area contributed by atoms with Gasteiger partial charge in [-0.05, 0) is 33.6 Å². The minimum atomic E-state index is -4.40. The number of hydrogen-bond acceptors (Lipinski definition) is 4. The highest BCUT2D eigenvalue weighted by Gasteiger charge is 2.27. The van der Waals surface area contributed by atoms with Gasteiger partial charge in [-0.25, -0.2) is 4.68 Å². The highest BCUT2D eigenvalue weighted by atomic mass is 79.9. The van der Waals surface area contributed by atoms with E-state index < -0.39 is 12.8 Å². The smallest absolute Gasteiger partial charge is 0.350 e. The molecule has 0 spiro atoms. The molecule has 0 bridgehead atoms. The third-order valence-electron chi connectivity index (χ3n) is 3.52. The summed E-state index contributed by atoms with van der Waals surface area (Å²) < 4.78 is 44.5. The van der Waals surface area contributed by atoms with Crippen LogP contribution in [0.15, 0.2) is 53.5 Å². The average molecular weight is 458 g/mol. The molecule has 3 rings (SSSR count). The molecule has 11 heteroatoms. The van der Waals surface area contributed by atoms with Crippen LogP contribution >= 0.6 is 15.9 Å². The Morgan fingerprint density at radius 1 is 1.18 bits per heavy atom. The number of rotatable bonds is 7. The van der Waals surface area contributed by atoms with Gasteiger partial charge in [0.2, 0.25) is 0 Å². The van der Waals surface area contributed by atoms with Crippen molar-refractivity contribution in [3.8, 4) is 0 Å². The first kappa shape index (κ1) is 20.1. The van der Waals surface area contributed by atoms with E-state index in [2.05, 4.69) is 36.2 Å². The van der Waals surface area contributed by atoms with E-state index in [1.165, 1.54) is 12.4 Å². The first-order valence-electron chi connectivity index (χ1n) is 8.04. The van der Waals surface area contributed by atoms with Crippen molar-refractivity contribution in [2.45, 2.75) is 19.5 Å². The molecule has 0 saturated heterocycles. The van der Waals surface area contributed by atoms with Gasteiger partial charge in [-0.1, -0.05) is 12.1 Å². The SMILES string of the molecule is O=C(Nc1cnn(COCC(F)(F)F)c1)c1cccc(Cn2cc(Br)cn2)c1. The van der Waals surface area contributed by atoms with Gasteiger partial charge in [0.1, 0.15) is 13.3 Å². The molecule has 1 N–H and O–H groups in total. The highest BCUT2D eigenvalue weighted by Crippen LogP contribution is 2.15. The van der Waals surface area contributed by atoms with Gasteiger partial charge >= 0.3 is 6.18 Å². The van der Waals surface area contributed by atoms with E-state index in [1.54, 1.807) is 29.1 Å². The molecule has 0 saturated carbocycles. The first-order valence-corrected chi connectivity index (χ1v) is 8.83. The predicted octanol–water partition coefficient (Wildman–Crippen LogP) is 3.68. The zero-order chi connectivity index (χ0) is 20.1. The quantitative estimate of drug-likeness (QED) is 0.587. The average Bonchev–Trinajstić information content (AvgIpc) is 3.23. The summed E-state index contributed by atoms with van der Waals surface area (Å²) in [7, 11) is 0. The second-order valence-corrected chi connectivity index (χ2v) is 6.79. The molecule has 0 unspecified atom stereocenters. The maximum atomic E-state index is 12.4. The predicted molar refractivity (Wildman–Crippen MR) is 97.7 cm³/mol. The van der Waals surface area contributed by atoms with Gasteiger partial charge in [0.05, 0.1) is 35.3 Å². The molecule has 2 aromatic heterocycles. The maximum Gasteiger partial charge on any atom is 0.411 e.